The molecule has 202 valence electrons. The van der Waals surface area contributed by atoms with Crippen LogP contribution in [0.2, 0.25) is 0 Å². The number of nitrogens with one attached hydrogen (secondary N) is 1. The van der Waals surface area contributed by atoms with Gasteiger partial charge in [0.1, 0.15) is 23.1 Å². The summed E-state index contributed by atoms with van der Waals surface area (Å²) in [6.07, 6.45) is -4.66. The lowest BCUT2D eigenvalue weighted by molar-refractivity contribution is -0.146. The van der Waals surface area contributed by atoms with E-state index in [-0.39, 0.29) is 35.9 Å². The number of fused-ring (bicyclic) bond motifs is 1. The number of hydrogen-bond acceptors (Lipinski definition) is 6. The van der Waals surface area contributed by atoms with Crippen LogP contribution in [-0.4, -0.2) is 31.0 Å². The first-order valence-corrected chi connectivity index (χ1v) is 12.0. The zero-order valence-electron chi connectivity index (χ0n) is 21.3. The minimum Gasteiger partial charge on any atom is -0.465 e. The van der Waals surface area contributed by atoms with Crippen LogP contribution in [-0.2, 0) is 25.2 Å². The smallest absolute Gasteiger partial charge is 0.416 e. The van der Waals surface area contributed by atoms with Gasteiger partial charge in [0, 0.05) is 16.8 Å². The number of benzene rings is 2. The molecule has 2 aromatic carbocycles. The molecule has 8 nitrogen and oxygen atoms in total. The van der Waals surface area contributed by atoms with Crippen molar-refractivity contribution in [3.05, 3.63) is 82.5 Å². The highest BCUT2D eigenvalue weighted by atomic mass is 19.4. The fourth-order valence-electron chi connectivity index (χ4n) is 4.69. The van der Waals surface area contributed by atoms with Crippen LogP contribution in [0.4, 0.5) is 24.5 Å². The maximum Gasteiger partial charge on any atom is 0.416 e. The average molecular weight is 540 g/mol. The predicted molar refractivity (Wildman–Crippen MR) is 136 cm³/mol. The molecule has 0 bridgehead atoms. The molecule has 0 fully saturated rings. The van der Waals surface area contributed by atoms with Crippen molar-refractivity contribution in [2.75, 3.05) is 18.1 Å². The predicted octanol–water partition coefficient (Wildman–Crippen LogP) is 6.60. The second kappa shape index (κ2) is 10.6. The first-order valence-electron chi connectivity index (χ1n) is 12.0. The molecule has 2 unspecified atom stereocenters. The molecule has 0 radical (unpaired) electrons. The van der Waals surface area contributed by atoms with E-state index in [9.17, 15) is 22.8 Å². The van der Waals surface area contributed by atoms with Crippen molar-refractivity contribution in [2.45, 2.75) is 32.9 Å². The number of hydrogen-bond donors (Lipinski definition) is 1. The summed E-state index contributed by atoms with van der Waals surface area (Å²) < 4.78 is 57.1. The number of furan rings is 1. The van der Waals surface area contributed by atoms with Gasteiger partial charge >= 0.3 is 18.1 Å². The Morgan fingerprint density at radius 1 is 1.10 bits per heavy atom. The van der Waals surface area contributed by atoms with E-state index in [4.69, 9.17) is 25.9 Å². The highest BCUT2D eigenvalue weighted by Crippen LogP contribution is 2.45. The molecule has 0 spiro atoms. The van der Waals surface area contributed by atoms with Gasteiger partial charge < -0.3 is 18.8 Å². The number of halogens is 3. The minimum absolute atomic E-state index is 0.0120. The largest absolute Gasteiger partial charge is 0.465 e. The monoisotopic (exact) mass is 539 g/mol. The highest BCUT2D eigenvalue weighted by Gasteiger charge is 2.49. The summed E-state index contributed by atoms with van der Waals surface area (Å²) >= 11 is 0. The maximum absolute atomic E-state index is 13.5. The normalized spacial score (nSPS) is 17.8. The number of amidine groups is 1. The van der Waals surface area contributed by atoms with Gasteiger partial charge in [0.05, 0.1) is 36.8 Å². The quantitative estimate of drug-likeness (QED) is 0.280. The molecule has 39 heavy (non-hydrogen) atoms. The average Bonchev–Trinajstić information content (AvgIpc) is 3.31. The fourth-order valence-corrected chi connectivity index (χ4v) is 4.69. The summed E-state index contributed by atoms with van der Waals surface area (Å²) in [5, 5.41) is 9.53. The Labute approximate surface area is 221 Å². The van der Waals surface area contributed by atoms with Gasteiger partial charge in [0.2, 0.25) is 0 Å². The topological polar surface area (TPSA) is 97.2 Å². The number of esters is 2. The van der Waals surface area contributed by atoms with Gasteiger partial charge in [-0.25, -0.2) is 9.64 Å². The van der Waals surface area contributed by atoms with Crippen LogP contribution >= 0.6 is 0 Å². The lowest BCUT2D eigenvalue weighted by Gasteiger charge is -2.39. The standard InChI is InChI=1S/C28H24F3N3O5/c1-5-37-26(35)22-15(3)34(19-9-7-8-17(14-19)28(29,30)31)25(32)24(27(36)38-6-2)23(22)21-13-16-12-18(33-4)10-11-20(16)39-21/h7-14,23-24,32H,5-6H2,1-3H3. The van der Waals surface area contributed by atoms with E-state index in [0.717, 1.165) is 17.0 Å². The Kier molecular flexibility index (Phi) is 7.49. The number of rotatable bonds is 6. The van der Waals surface area contributed by atoms with Crippen molar-refractivity contribution < 1.29 is 36.7 Å². The Hall–Kier alpha value is -4.59. The molecule has 3 aromatic rings. The van der Waals surface area contributed by atoms with Crippen molar-refractivity contribution in [1.29, 1.82) is 5.41 Å². The molecule has 0 saturated carbocycles. The van der Waals surface area contributed by atoms with Crippen LogP contribution in [0.1, 0.15) is 38.0 Å². The van der Waals surface area contributed by atoms with Gasteiger partial charge in [-0.15, -0.1) is 0 Å². The highest BCUT2D eigenvalue weighted by molar-refractivity contribution is 6.14. The molecule has 4 rings (SSSR count). The van der Waals surface area contributed by atoms with Crippen molar-refractivity contribution >= 4 is 40.1 Å². The van der Waals surface area contributed by atoms with Gasteiger partial charge in [0.15, 0.2) is 5.69 Å². The van der Waals surface area contributed by atoms with E-state index in [1.54, 1.807) is 38.1 Å². The molecule has 11 heteroatoms. The molecule has 2 atom stereocenters. The summed E-state index contributed by atoms with van der Waals surface area (Å²) in [4.78, 5) is 31.2. The van der Waals surface area contributed by atoms with Gasteiger partial charge in [-0.1, -0.05) is 12.1 Å². The first kappa shape index (κ1) is 27.4. The number of allylic oxidation sites excluding steroid dienone is 1. The maximum atomic E-state index is 13.5. The van der Waals surface area contributed by atoms with Gasteiger partial charge in [-0.2, -0.15) is 13.2 Å². The van der Waals surface area contributed by atoms with Crippen molar-refractivity contribution in [3.8, 4) is 0 Å². The van der Waals surface area contributed by atoms with E-state index in [1.165, 1.54) is 19.1 Å². The zero-order valence-corrected chi connectivity index (χ0v) is 21.3. The molecule has 1 N–H and O–H groups in total. The van der Waals surface area contributed by atoms with Crippen molar-refractivity contribution in [2.24, 2.45) is 5.92 Å². The van der Waals surface area contributed by atoms with Gasteiger partial charge in [0.25, 0.3) is 0 Å². The van der Waals surface area contributed by atoms with E-state index in [1.807, 2.05) is 0 Å². The number of nitrogens with zero attached hydrogens (tertiary/aromatic N) is 2. The third-order valence-electron chi connectivity index (χ3n) is 6.33. The Morgan fingerprint density at radius 2 is 1.82 bits per heavy atom. The number of anilines is 1. The molecular formula is C28H24F3N3O5. The summed E-state index contributed by atoms with van der Waals surface area (Å²) in [5.41, 5.74) is -0.249. The molecule has 0 aliphatic carbocycles. The summed E-state index contributed by atoms with van der Waals surface area (Å²) in [6, 6.07) is 10.6. The van der Waals surface area contributed by atoms with Crippen molar-refractivity contribution in [3.63, 3.8) is 0 Å². The molecule has 1 aliphatic heterocycles. The van der Waals surface area contributed by atoms with E-state index >= 15 is 0 Å². The minimum atomic E-state index is -4.66. The SMILES string of the molecule is [C-]#[N+]c1ccc2oc(C3C(C(=O)OCC)=C(C)N(c4cccc(C(F)(F)F)c4)C(=N)C3C(=O)OCC)cc2c1. The fraction of sp³-hybridized carbons (Fsp3) is 0.286. The third kappa shape index (κ3) is 5.10. The van der Waals surface area contributed by atoms with Crippen LogP contribution in [0.15, 0.2) is 64.2 Å². The number of alkyl halides is 3. The zero-order chi connectivity index (χ0) is 28.5. The molecule has 0 saturated heterocycles. The van der Waals surface area contributed by atoms with E-state index < -0.39 is 41.3 Å². The molecular weight excluding hydrogens is 515 g/mol. The summed E-state index contributed by atoms with van der Waals surface area (Å²) in [6.45, 7) is 11.8. The van der Waals surface area contributed by atoms with Crippen LogP contribution in [0.3, 0.4) is 0 Å². The van der Waals surface area contributed by atoms with Crippen LogP contribution in [0, 0.1) is 17.9 Å². The Balaban J connectivity index is 1.99. The van der Waals surface area contributed by atoms with Crippen molar-refractivity contribution in [1.82, 2.24) is 0 Å². The summed E-state index contributed by atoms with van der Waals surface area (Å²) in [7, 11) is 0. The molecule has 1 aliphatic rings. The lowest BCUT2D eigenvalue weighted by atomic mass is 9.78. The second-order valence-corrected chi connectivity index (χ2v) is 8.68. The number of carbonyl (C=O) groups is 2. The Morgan fingerprint density at radius 3 is 2.46 bits per heavy atom. The van der Waals surface area contributed by atoms with Gasteiger partial charge in [-0.05, 0) is 57.2 Å². The second-order valence-electron chi connectivity index (χ2n) is 8.68. The third-order valence-corrected chi connectivity index (χ3v) is 6.33. The van der Waals surface area contributed by atoms with Gasteiger partial charge in [-0.3, -0.25) is 10.2 Å². The molecule has 0 amide bonds. The molecule has 1 aromatic heterocycles. The van der Waals surface area contributed by atoms with E-state index in [0.29, 0.717) is 16.7 Å². The van der Waals surface area contributed by atoms with Crippen LogP contribution in [0.25, 0.3) is 15.8 Å². The first-order chi connectivity index (χ1) is 18.5. The number of carbonyl (C=O) groups excluding carboxylic acids is 2. The summed E-state index contributed by atoms with van der Waals surface area (Å²) in [5.74, 6) is -4.57. The van der Waals surface area contributed by atoms with Crippen LogP contribution in [0.5, 0.6) is 0 Å². The van der Waals surface area contributed by atoms with Crippen LogP contribution < -0.4 is 4.90 Å². The van der Waals surface area contributed by atoms with E-state index in [2.05, 4.69) is 4.85 Å². The Bertz CT molecular complexity index is 1530. The number of ether oxygens (including phenoxy) is 2. The lowest BCUT2D eigenvalue weighted by Crippen LogP contribution is -2.48. The molecule has 2 heterocycles.